The number of ether oxygens (including phenoxy) is 1. The van der Waals surface area contributed by atoms with Crippen molar-refractivity contribution in [3.63, 3.8) is 0 Å². The molecule has 0 radical (unpaired) electrons. The van der Waals surface area contributed by atoms with Gasteiger partial charge in [0, 0.05) is 112 Å². The standard InChI is InChI=1S/C27H33ClFN7O2.C26H31Cl2N7O.C26H31ClFN7O/c1-17-11-20(13-24-30-15-22(28)27(31-24)32-25-12-18(2)33-34-25)23(29)14-21(17)19-3-5-36(6-4-19)26(37)16-35-7-9-38-10-8-35;1-16-10-20(18-4-8-35(9-5-18)25(36)15-34-6-3-7-34)21(27)12-19(16)13-23-29-14-22(28)26(30-23)31-24-11-17(2)32-33-24;1-16-10-19(12-23-29-14-21(27)26(30-23)31-24-11-17(2)32-33-24)22(28)13-20(16)18-4-8-35(9-5-18)25(36)15-34-6-3-7-34/h11-12,14-15,19H,3-10,13,16H2,1-2H3,(H2,30,31,32,33,34);10-12,14,18H,3-9,13,15H2,1-2H3,(H2,29,30,31,32,33);10-11,13-14,18H,3-9,12,15H2,1-2H3,(H2,29,30,31,32,33). The van der Waals surface area contributed by atoms with E-state index in [2.05, 4.69) is 104 Å². The van der Waals surface area contributed by atoms with E-state index in [1.165, 1.54) is 30.8 Å². The molecule has 6 saturated heterocycles. The summed E-state index contributed by atoms with van der Waals surface area (Å²) in [7, 11) is 0. The van der Waals surface area contributed by atoms with Crippen molar-refractivity contribution < 1.29 is 27.9 Å². The molecule has 3 amide bonds. The second kappa shape index (κ2) is 36.6. The fraction of sp³-hybridized carbons (Fsp3) is 0.468. The molecule has 31 heteroatoms. The van der Waals surface area contributed by atoms with E-state index in [0.29, 0.717) is 137 Å². The minimum Gasteiger partial charge on any atom is -0.379 e. The molecule has 6 aliphatic rings. The predicted molar refractivity (Wildman–Crippen MR) is 423 cm³/mol. The highest BCUT2D eigenvalue weighted by molar-refractivity contribution is 6.33. The van der Waals surface area contributed by atoms with Crippen LogP contribution in [0.2, 0.25) is 20.1 Å². The zero-order valence-corrected chi connectivity index (χ0v) is 66.1. The molecular weight excluding hydrogens is 1490 g/mol. The van der Waals surface area contributed by atoms with Crippen LogP contribution in [0.25, 0.3) is 0 Å². The molecule has 110 heavy (non-hydrogen) atoms. The summed E-state index contributed by atoms with van der Waals surface area (Å²) in [5.74, 6) is 5.73. The van der Waals surface area contributed by atoms with Gasteiger partial charge in [-0.15, -0.1) is 0 Å². The van der Waals surface area contributed by atoms with Gasteiger partial charge in [-0.25, -0.2) is 38.7 Å². The number of halogens is 6. The first kappa shape index (κ1) is 79.3. The van der Waals surface area contributed by atoms with Crippen LogP contribution in [-0.4, -0.2) is 219 Å². The molecule has 0 unspecified atom stereocenters. The smallest absolute Gasteiger partial charge is 0.236 e. The third kappa shape index (κ3) is 20.7. The largest absolute Gasteiger partial charge is 0.379 e. The van der Waals surface area contributed by atoms with Crippen LogP contribution in [0.3, 0.4) is 0 Å². The maximum atomic E-state index is 15.3. The van der Waals surface area contributed by atoms with Crippen molar-refractivity contribution in [3.8, 4) is 0 Å². The van der Waals surface area contributed by atoms with E-state index in [1.54, 1.807) is 18.3 Å². The highest BCUT2D eigenvalue weighted by atomic mass is 35.5. The summed E-state index contributed by atoms with van der Waals surface area (Å²) in [5, 5.41) is 32.3. The minimum atomic E-state index is -0.271. The van der Waals surface area contributed by atoms with Gasteiger partial charge >= 0.3 is 0 Å². The summed E-state index contributed by atoms with van der Waals surface area (Å²) >= 11 is 25.6. The lowest BCUT2D eigenvalue weighted by Gasteiger charge is -2.36. The van der Waals surface area contributed by atoms with Crippen molar-refractivity contribution >= 4 is 99.0 Å². The Morgan fingerprint density at radius 2 is 0.755 bits per heavy atom. The van der Waals surface area contributed by atoms with E-state index in [-0.39, 0.29) is 54.0 Å². The van der Waals surface area contributed by atoms with Crippen molar-refractivity contribution in [3.05, 3.63) is 190 Å². The highest BCUT2D eigenvalue weighted by Crippen LogP contribution is 2.38. The first-order chi connectivity index (χ1) is 53.1. The van der Waals surface area contributed by atoms with Crippen LogP contribution in [0.4, 0.5) is 43.7 Å². The average Bonchev–Trinajstić information content (AvgIpc) is 0.947. The van der Waals surface area contributed by atoms with E-state index in [4.69, 9.17) is 51.1 Å². The number of benzene rings is 3. The predicted octanol–water partition coefficient (Wildman–Crippen LogP) is 13.2. The Labute approximate surface area is 659 Å². The number of hydrogen-bond donors (Lipinski definition) is 6. The maximum absolute atomic E-state index is 15.3. The molecule has 6 aliphatic heterocycles. The number of aryl methyl sites for hydroxylation is 6. The molecule has 6 N–H and O–H groups in total. The van der Waals surface area contributed by atoms with Gasteiger partial charge in [0.2, 0.25) is 17.7 Å². The number of aromatic amines is 3. The number of anilines is 6. The SMILES string of the molecule is Cc1cc(Nc2nc(Cc3cc(C)c(C4CCN(C(=O)CN5CCC5)CC4)cc3F)ncc2Cl)n[nH]1.Cc1cc(Nc2nc(Cc3cc(C)c(C4CCN(C(=O)CN5CCOCC5)CC4)cc3F)ncc2Cl)n[nH]1.Cc1cc(Nc2nc(Cc3cc(Cl)c(C4CCN(C(=O)CN5CCC5)CC4)cc3C)ncc2Cl)n[nH]1. The molecule has 6 aromatic heterocycles. The quantitative estimate of drug-likeness (QED) is 0.0390. The maximum Gasteiger partial charge on any atom is 0.236 e. The molecule has 12 heterocycles. The number of aromatic nitrogens is 12. The molecular formula is C79H95Cl4F2N21O4. The first-order valence-corrected chi connectivity index (χ1v) is 39.4. The third-order valence-corrected chi connectivity index (χ3v) is 22.7. The molecule has 25 nitrogen and oxygen atoms in total. The van der Waals surface area contributed by atoms with Gasteiger partial charge in [-0.3, -0.25) is 44.4 Å². The van der Waals surface area contributed by atoms with Gasteiger partial charge in [-0.1, -0.05) is 64.6 Å². The molecule has 6 fully saturated rings. The second-order valence-corrected chi connectivity index (χ2v) is 31.3. The Morgan fingerprint density at radius 1 is 0.418 bits per heavy atom. The van der Waals surface area contributed by atoms with E-state index in [1.807, 2.05) is 85.7 Å². The van der Waals surface area contributed by atoms with E-state index < -0.39 is 0 Å². The molecule has 0 saturated carbocycles. The molecule has 15 rings (SSSR count). The van der Waals surface area contributed by atoms with Gasteiger partial charge in [0.1, 0.15) is 44.2 Å². The van der Waals surface area contributed by atoms with Gasteiger partial charge in [0.15, 0.2) is 34.9 Å². The lowest BCUT2D eigenvalue weighted by atomic mass is 9.85. The number of piperidine rings is 3. The highest BCUT2D eigenvalue weighted by Gasteiger charge is 2.32. The fourth-order valence-electron chi connectivity index (χ4n) is 15.0. The van der Waals surface area contributed by atoms with E-state index >= 15 is 8.78 Å². The normalized spacial score (nSPS) is 16.9. The van der Waals surface area contributed by atoms with Crippen molar-refractivity contribution in [2.45, 2.75) is 130 Å². The van der Waals surface area contributed by atoms with Crippen molar-refractivity contribution in [1.29, 1.82) is 0 Å². The van der Waals surface area contributed by atoms with Gasteiger partial charge in [-0.05, 0) is 205 Å². The zero-order valence-electron chi connectivity index (χ0n) is 63.1. The monoisotopic (exact) mass is 1580 g/mol. The van der Waals surface area contributed by atoms with Crippen LogP contribution >= 0.6 is 46.4 Å². The van der Waals surface area contributed by atoms with E-state index in [9.17, 15) is 14.4 Å². The molecule has 0 aliphatic carbocycles. The molecule has 3 aromatic carbocycles. The number of hydrogen-bond acceptors (Lipinski definition) is 19. The molecule has 0 bridgehead atoms. The van der Waals surface area contributed by atoms with Crippen LogP contribution in [0.1, 0.15) is 154 Å². The zero-order chi connectivity index (χ0) is 77.1. The average molecular weight is 1580 g/mol. The Bertz CT molecular complexity index is 4520. The van der Waals surface area contributed by atoms with Crippen molar-refractivity contribution in [2.75, 3.05) is 127 Å². The summed E-state index contributed by atoms with van der Waals surface area (Å²) in [4.78, 5) is 77.0. The van der Waals surface area contributed by atoms with Crippen molar-refractivity contribution in [2.24, 2.45) is 0 Å². The molecule has 9 aromatic rings. The summed E-state index contributed by atoms with van der Waals surface area (Å²) in [6.45, 7) is 24.9. The number of carbonyl (C=O) groups is 3. The number of carbonyl (C=O) groups excluding carboxylic acids is 3. The Balaban J connectivity index is 0.000000145. The van der Waals surface area contributed by atoms with E-state index in [0.717, 1.165) is 159 Å². The van der Waals surface area contributed by atoms with Crippen LogP contribution in [0.15, 0.2) is 73.2 Å². The topological polar surface area (TPSA) is 279 Å². The van der Waals surface area contributed by atoms with Gasteiger partial charge in [0.05, 0.1) is 51.4 Å². The summed E-state index contributed by atoms with van der Waals surface area (Å²) in [5.41, 5.74) is 11.4. The number of rotatable bonds is 21. The number of nitrogens with zero attached hydrogens (tertiary/aromatic N) is 15. The number of nitrogens with one attached hydrogen (secondary N) is 6. The Hall–Kier alpha value is -8.80. The summed E-state index contributed by atoms with van der Waals surface area (Å²) in [6, 6.07) is 16.9. The van der Waals surface area contributed by atoms with Gasteiger partial charge in [-0.2, -0.15) is 15.3 Å². The van der Waals surface area contributed by atoms with Crippen LogP contribution in [0, 0.1) is 53.2 Å². The lowest BCUT2D eigenvalue weighted by molar-refractivity contribution is -0.135. The summed E-state index contributed by atoms with van der Waals surface area (Å²) in [6.07, 6.45) is 13.3. The van der Waals surface area contributed by atoms with Crippen LogP contribution in [0.5, 0.6) is 0 Å². The van der Waals surface area contributed by atoms with Gasteiger partial charge < -0.3 is 35.4 Å². The number of amides is 3. The number of H-pyrrole nitrogens is 3. The van der Waals surface area contributed by atoms with Gasteiger partial charge in [0.25, 0.3) is 0 Å². The number of morpholine rings is 1. The minimum absolute atomic E-state index is 0.169. The van der Waals surface area contributed by atoms with Crippen LogP contribution < -0.4 is 16.0 Å². The Kier molecular flexibility index (Phi) is 26.4. The lowest BCUT2D eigenvalue weighted by Crippen LogP contribution is -2.47. The second-order valence-electron chi connectivity index (χ2n) is 29.7. The molecule has 582 valence electrons. The number of likely N-dealkylation sites (tertiary alicyclic amines) is 5. The van der Waals surface area contributed by atoms with Crippen molar-refractivity contribution in [1.82, 2.24) is 89.9 Å². The fourth-order valence-corrected chi connectivity index (χ4v) is 15.8. The first-order valence-electron chi connectivity index (χ1n) is 37.9. The third-order valence-electron chi connectivity index (χ3n) is 21.6. The van der Waals surface area contributed by atoms with Crippen LogP contribution in [-0.2, 0) is 38.4 Å². The summed E-state index contributed by atoms with van der Waals surface area (Å²) < 4.78 is 35.9. The molecule has 0 spiro atoms. The Morgan fingerprint density at radius 3 is 1.08 bits per heavy atom. The molecule has 0 atom stereocenters.